The zero-order valence-corrected chi connectivity index (χ0v) is 32.2. The number of aliphatic hydroxyl groups is 1. The van der Waals surface area contributed by atoms with E-state index in [1.807, 2.05) is 79.4 Å². The van der Waals surface area contributed by atoms with Gasteiger partial charge in [0.1, 0.15) is 12.1 Å². The molecule has 0 spiro atoms. The molecule has 2 aromatic rings. The van der Waals surface area contributed by atoms with E-state index in [0.29, 0.717) is 65.0 Å². The van der Waals surface area contributed by atoms with Gasteiger partial charge < -0.3 is 31.1 Å². The third-order valence-corrected chi connectivity index (χ3v) is 9.40. The van der Waals surface area contributed by atoms with Crippen molar-refractivity contribution in [2.24, 2.45) is 17.3 Å². The Morgan fingerprint density at radius 1 is 0.769 bits per heavy atom. The van der Waals surface area contributed by atoms with Crippen molar-refractivity contribution in [2.75, 3.05) is 46.0 Å². The van der Waals surface area contributed by atoms with E-state index in [-0.39, 0.29) is 42.6 Å². The van der Waals surface area contributed by atoms with Gasteiger partial charge >= 0.3 is 0 Å². The van der Waals surface area contributed by atoms with Crippen molar-refractivity contribution in [1.29, 1.82) is 0 Å². The molecule has 52 heavy (non-hydrogen) atoms. The van der Waals surface area contributed by atoms with Crippen molar-refractivity contribution in [3.05, 3.63) is 71.8 Å². The number of amides is 3. The number of aliphatic hydroxyl groups excluding tert-OH is 1. The number of nitrogens with one attached hydrogen (secondary N) is 4. The van der Waals surface area contributed by atoms with E-state index in [0.717, 1.165) is 11.1 Å². The molecule has 0 saturated carbocycles. The van der Waals surface area contributed by atoms with Gasteiger partial charge in [-0.1, -0.05) is 102 Å². The van der Waals surface area contributed by atoms with Crippen molar-refractivity contribution >= 4 is 23.5 Å². The highest BCUT2D eigenvalue weighted by atomic mass is 16.5. The highest BCUT2D eigenvalue weighted by molar-refractivity contribution is 5.92. The molecule has 1 aliphatic rings. The van der Waals surface area contributed by atoms with Crippen LogP contribution in [0, 0.1) is 17.3 Å². The summed E-state index contributed by atoms with van der Waals surface area (Å²) in [5, 5.41) is 22.5. The molecule has 0 radical (unpaired) electrons. The Labute approximate surface area is 311 Å². The number of aryl methyl sites for hydroxylation is 1. The van der Waals surface area contributed by atoms with Crippen molar-refractivity contribution in [3.8, 4) is 0 Å². The molecule has 1 aliphatic heterocycles. The first kappa shape index (κ1) is 42.8. The minimum atomic E-state index is -0.911. The van der Waals surface area contributed by atoms with Crippen LogP contribution in [-0.4, -0.2) is 104 Å². The second kappa shape index (κ2) is 21.8. The maximum atomic E-state index is 14.1. The lowest BCUT2D eigenvalue weighted by molar-refractivity contribution is -0.133. The van der Waals surface area contributed by atoms with Crippen molar-refractivity contribution < 1.29 is 29.0 Å². The molecule has 11 heteroatoms. The minimum Gasteiger partial charge on any atom is -0.395 e. The zero-order valence-electron chi connectivity index (χ0n) is 32.2. The SMILES string of the molecule is CC(C)C[C@@H](NC(=O)[C@H](CCc1ccccc1)NC(=O)CN1CCOCC1)C(=O)N[C@@H](CN[C@H](CC(C)C)C(=O)C(C)(C)CO)Cc1ccccc1. The highest BCUT2D eigenvalue weighted by Gasteiger charge is 2.34. The number of hydrogen-bond acceptors (Lipinski definition) is 8. The predicted octanol–water partition coefficient (Wildman–Crippen LogP) is 3.29. The van der Waals surface area contributed by atoms with Gasteiger partial charge in [0, 0.05) is 31.1 Å². The molecular formula is C41H63N5O6. The lowest BCUT2D eigenvalue weighted by atomic mass is 9.82. The van der Waals surface area contributed by atoms with Crippen molar-refractivity contribution in [2.45, 2.75) is 97.8 Å². The van der Waals surface area contributed by atoms with Crippen molar-refractivity contribution in [1.82, 2.24) is 26.2 Å². The molecule has 3 rings (SSSR count). The lowest BCUT2D eigenvalue weighted by Gasteiger charge is -2.31. The number of Topliss-reactive ketones (excluding diaryl/α,β-unsaturated/α-hetero) is 1. The average molecular weight is 722 g/mol. The number of hydrogen-bond donors (Lipinski definition) is 5. The molecule has 0 aliphatic carbocycles. The fourth-order valence-electron chi connectivity index (χ4n) is 6.37. The number of rotatable bonds is 22. The van der Waals surface area contributed by atoms with Crippen LogP contribution in [0.2, 0.25) is 0 Å². The molecule has 0 unspecified atom stereocenters. The maximum Gasteiger partial charge on any atom is 0.243 e. The molecule has 1 fully saturated rings. The Balaban J connectivity index is 1.79. The second-order valence-corrected chi connectivity index (χ2v) is 15.6. The van der Waals surface area contributed by atoms with Crippen LogP contribution in [0.25, 0.3) is 0 Å². The standard InChI is InChI=1S/C41H63N5O6/c1-29(2)23-35(38(49)41(5,6)28-47)42-26-33(25-32-15-11-8-12-16-32)43-40(51)36(24-30(3)4)45-39(50)34(18-17-31-13-9-7-10-14-31)44-37(48)27-46-19-21-52-22-20-46/h7-16,29-30,33-36,42,47H,17-28H2,1-6H3,(H,43,51)(H,44,48)(H,45,50)/t33-,34+,35-,36-/m1/s1. The van der Waals surface area contributed by atoms with E-state index >= 15 is 0 Å². The summed E-state index contributed by atoms with van der Waals surface area (Å²) in [5.41, 5.74) is 1.16. The molecule has 11 nitrogen and oxygen atoms in total. The van der Waals surface area contributed by atoms with Gasteiger partial charge in [-0.25, -0.2) is 0 Å². The average Bonchev–Trinajstić information content (AvgIpc) is 3.11. The van der Waals surface area contributed by atoms with E-state index in [9.17, 15) is 24.3 Å². The van der Waals surface area contributed by atoms with Gasteiger partial charge in [-0.05, 0) is 55.1 Å². The topological polar surface area (TPSA) is 149 Å². The third kappa shape index (κ3) is 15.1. The summed E-state index contributed by atoms with van der Waals surface area (Å²) in [6.45, 7) is 14.2. The van der Waals surface area contributed by atoms with Crippen LogP contribution in [0.5, 0.6) is 0 Å². The number of ketones is 1. The Kier molecular flexibility index (Phi) is 17.9. The zero-order chi connectivity index (χ0) is 38.1. The van der Waals surface area contributed by atoms with Crippen molar-refractivity contribution in [3.63, 3.8) is 0 Å². The van der Waals surface area contributed by atoms with Crippen LogP contribution in [0.1, 0.15) is 71.9 Å². The lowest BCUT2D eigenvalue weighted by Crippen LogP contribution is -2.58. The summed E-state index contributed by atoms with van der Waals surface area (Å²) in [7, 11) is 0. The molecule has 5 N–H and O–H groups in total. The van der Waals surface area contributed by atoms with Gasteiger partial charge in [-0.15, -0.1) is 0 Å². The molecule has 1 saturated heterocycles. The van der Waals surface area contributed by atoms with Crippen LogP contribution in [0.15, 0.2) is 60.7 Å². The monoisotopic (exact) mass is 721 g/mol. The summed E-state index contributed by atoms with van der Waals surface area (Å²) in [4.78, 5) is 56.7. The van der Waals surface area contributed by atoms with Crippen LogP contribution in [-0.2, 0) is 36.8 Å². The Morgan fingerprint density at radius 3 is 1.90 bits per heavy atom. The number of carbonyl (C=O) groups excluding carboxylic acids is 4. The number of morpholine rings is 1. The molecule has 288 valence electrons. The maximum absolute atomic E-state index is 14.1. The van der Waals surface area contributed by atoms with Gasteiger partial charge in [0.2, 0.25) is 17.7 Å². The first-order valence-electron chi connectivity index (χ1n) is 18.9. The molecule has 1 heterocycles. The van der Waals surface area contributed by atoms with E-state index in [4.69, 9.17) is 4.74 Å². The summed E-state index contributed by atoms with van der Waals surface area (Å²) in [6.07, 6.45) is 2.44. The van der Waals surface area contributed by atoms with Gasteiger partial charge in [-0.3, -0.25) is 24.1 Å². The van der Waals surface area contributed by atoms with Gasteiger partial charge in [0.15, 0.2) is 5.78 Å². The highest BCUT2D eigenvalue weighted by Crippen LogP contribution is 2.21. The van der Waals surface area contributed by atoms with E-state index in [1.54, 1.807) is 13.8 Å². The summed E-state index contributed by atoms with van der Waals surface area (Å²) < 4.78 is 5.41. The molecule has 0 aromatic heterocycles. The second-order valence-electron chi connectivity index (χ2n) is 15.6. The largest absolute Gasteiger partial charge is 0.395 e. The number of carbonyl (C=O) groups is 4. The van der Waals surface area contributed by atoms with Crippen LogP contribution in [0.4, 0.5) is 0 Å². The predicted molar refractivity (Wildman–Crippen MR) is 205 cm³/mol. The van der Waals surface area contributed by atoms with Gasteiger partial charge in [0.05, 0.1) is 32.4 Å². The molecule has 3 amide bonds. The Morgan fingerprint density at radius 2 is 1.33 bits per heavy atom. The fraction of sp³-hybridized carbons (Fsp3) is 0.610. The molecule has 2 aromatic carbocycles. The smallest absolute Gasteiger partial charge is 0.243 e. The first-order valence-corrected chi connectivity index (χ1v) is 18.9. The third-order valence-electron chi connectivity index (χ3n) is 9.40. The normalized spacial score (nSPS) is 16.2. The van der Waals surface area contributed by atoms with Crippen LogP contribution >= 0.6 is 0 Å². The van der Waals surface area contributed by atoms with Crippen LogP contribution < -0.4 is 21.3 Å². The number of ether oxygens (including phenoxy) is 1. The van der Waals surface area contributed by atoms with E-state index in [2.05, 4.69) is 35.1 Å². The fourth-order valence-corrected chi connectivity index (χ4v) is 6.37. The Hall–Kier alpha value is -3.64. The molecule has 0 bridgehead atoms. The van der Waals surface area contributed by atoms with Crippen LogP contribution in [0.3, 0.4) is 0 Å². The number of nitrogens with zero attached hydrogens (tertiary/aromatic N) is 1. The first-order chi connectivity index (χ1) is 24.8. The summed E-state index contributed by atoms with van der Waals surface area (Å²) >= 11 is 0. The minimum absolute atomic E-state index is 0.0735. The van der Waals surface area contributed by atoms with E-state index < -0.39 is 35.5 Å². The number of benzene rings is 2. The quantitative estimate of drug-likeness (QED) is 0.125. The Bertz CT molecular complexity index is 1380. The summed E-state index contributed by atoms with van der Waals surface area (Å²) in [5.74, 6) is -0.728. The molecular weight excluding hydrogens is 658 g/mol. The van der Waals surface area contributed by atoms with Gasteiger partial charge in [0.25, 0.3) is 0 Å². The summed E-state index contributed by atoms with van der Waals surface area (Å²) in [6, 6.07) is 17.0. The molecule has 4 atom stereocenters. The van der Waals surface area contributed by atoms with Gasteiger partial charge in [-0.2, -0.15) is 0 Å². The van der Waals surface area contributed by atoms with E-state index in [1.165, 1.54) is 0 Å².